The lowest BCUT2D eigenvalue weighted by atomic mass is 9.87. The van der Waals surface area contributed by atoms with Gasteiger partial charge in [-0.25, -0.2) is 0 Å². The molecule has 18 heavy (non-hydrogen) atoms. The fraction of sp³-hybridized carbons (Fsp3) is 0.625. The molecule has 2 rings (SSSR count). The van der Waals surface area contributed by atoms with Gasteiger partial charge in [0.1, 0.15) is 0 Å². The topological polar surface area (TPSA) is 12.5 Å². The predicted octanol–water partition coefficient (Wildman–Crippen LogP) is 3.60. The van der Waals surface area contributed by atoms with E-state index in [1.54, 1.807) is 0 Å². The second kappa shape index (κ2) is 4.93. The number of morpholine rings is 1. The third-order valence-electron chi connectivity index (χ3n) is 3.70. The lowest BCUT2D eigenvalue weighted by molar-refractivity contribution is 0.0757. The molecule has 1 aliphatic heterocycles. The van der Waals surface area contributed by atoms with E-state index in [2.05, 4.69) is 63.8 Å². The van der Waals surface area contributed by atoms with Crippen molar-refractivity contribution < 1.29 is 4.74 Å². The lowest BCUT2D eigenvalue weighted by Gasteiger charge is -2.40. The molecule has 2 atom stereocenters. The van der Waals surface area contributed by atoms with Crippen LogP contribution in [0.25, 0.3) is 0 Å². The van der Waals surface area contributed by atoms with E-state index in [4.69, 9.17) is 4.74 Å². The molecule has 0 bridgehead atoms. The third-order valence-corrected chi connectivity index (χ3v) is 3.70. The highest BCUT2D eigenvalue weighted by atomic mass is 16.5. The minimum atomic E-state index is 0.223. The van der Waals surface area contributed by atoms with Crippen LogP contribution in [-0.2, 0) is 10.2 Å². The van der Waals surface area contributed by atoms with Crippen LogP contribution in [0.3, 0.4) is 0 Å². The van der Waals surface area contributed by atoms with E-state index in [9.17, 15) is 0 Å². The monoisotopic (exact) mass is 247 g/mol. The van der Waals surface area contributed by atoms with Crippen molar-refractivity contribution in [3.63, 3.8) is 0 Å². The summed E-state index contributed by atoms with van der Waals surface area (Å²) in [5, 5.41) is 0. The zero-order chi connectivity index (χ0) is 13.3. The van der Waals surface area contributed by atoms with Crippen LogP contribution >= 0.6 is 0 Å². The fourth-order valence-corrected chi connectivity index (χ4v) is 2.65. The largest absolute Gasteiger partial charge is 0.377 e. The summed E-state index contributed by atoms with van der Waals surface area (Å²) in [5.74, 6) is 0. The van der Waals surface area contributed by atoms with Gasteiger partial charge in [-0.05, 0) is 37.0 Å². The first-order chi connectivity index (χ1) is 8.39. The average molecular weight is 247 g/mol. The van der Waals surface area contributed by atoms with Crippen molar-refractivity contribution in [1.29, 1.82) is 0 Å². The van der Waals surface area contributed by atoms with Crippen LogP contribution in [0.15, 0.2) is 24.3 Å². The molecule has 100 valence electrons. The van der Waals surface area contributed by atoms with Gasteiger partial charge in [-0.1, -0.05) is 32.9 Å². The molecule has 1 aromatic rings. The molecule has 0 unspecified atom stereocenters. The quantitative estimate of drug-likeness (QED) is 0.752. The number of rotatable bonds is 1. The van der Waals surface area contributed by atoms with Crippen molar-refractivity contribution in [1.82, 2.24) is 0 Å². The molecular formula is C16H25NO. The normalized spacial score (nSPS) is 25.3. The molecule has 0 amide bonds. The summed E-state index contributed by atoms with van der Waals surface area (Å²) in [7, 11) is 0. The summed E-state index contributed by atoms with van der Waals surface area (Å²) in [6.07, 6.45) is 0. The highest BCUT2D eigenvalue weighted by Gasteiger charge is 2.25. The van der Waals surface area contributed by atoms with Gasteiger partial charge in [0.05, 0.1) is 13.2 Å². The van der Waals surface area contributed by atoms with Crippen LogP contribution in [-0.4, -0.2) is 25.3 Å². The Morgan fingerprint density at radius 3 is 1.94 bits per heavy atom. The van der Waals surface area contributed by atoms with Crippen LogP contribution in [0, 0.1) is 0 Å². The molecule has 1 heterocycles. The number of hydrogen-bond donors (Lipinski definition) is 0. The van der Waals surface area contributed by atoms with Crippen LogP contribution in [0.1, 0.15) is 40.2 Å². The number of ether oxygens (including phenoxy) is 1. The number of hydrogen-bond acceptors (Lipinski definition) is 2. The van der Waals surface area contributed by atoms with E-state index < -0.39 is 0 Å². The molecular weight excluding hydrogens is 222 g/mol. The molecule has 1 fully saturated rings. The summed E-state index contributed by atoms with van der Waals surface area (Å²) in [6, 6.07) is 9.91. The molecule has 1 aliphatic rings. The van der Waals surface area contributed by atoms with Crippen molar-refractivity contribution in [3.05, 3.63) is 29.8 Å². The maximum absolute atomic E-state index is 5.58. The molecule has 1 saturated heterocycles. The minimum absolute atomic E-state index is 0.223. The van der Waals surface area contributed by atoms with Gasteiger partial charge in [0.15, 0.2) is 0 Å². The van der Waals surface area contributed by atoms with Crippen molar-refractivity contribution in [2.24, 2.45) is 0 Å². The van der Waals surface area contributed by atoms with E-state index in [0.717, 1.165) is 13.2 Å². The highest BCUT2D eigenvalue weighted by Crippen LogP contribution is 2.28. The molecule has 0 aromatic heterocycles. The average Bonchev–Trinajstić information content (AvgIpc) is 2.28. The van der Waals surface area contributed by atoms with Gasteiger partial charge in [0.25, 0.3) is 0 Å². The number of nitrogens with zero attached hydrogens (tertiary/aromatic N) is 1. The van der Waals surface area contributed by atoms with Crippen LogP contribution < -0.4 is 4.90 Å². The molecule has 0 aliphatic carbocycles. The van der Waals surface area contributed by atoms with Crippen LogP contribution in [0.2, 0.25) is 0 Å². The minimum Gasteiger partial charge on any atom is -0.377 e. The predicted molar refractivity (Wildman–Crippen MR) is 77.4 cm³/mol. The zero-order valence-corrected chi connectivity index (χ0v) is 12.2. The summed E-state index contributed by atoms with van der Waals surface area (Å²) in [6.45, 7) is 12.9. The van der Waals surface area contributed by atoms with E-state index in [1.165, 1.54) is 11.3 Å². The Kier molecular flexibility index (Phi) is 3.67. The summed E-state index contributed by atoms with van der Waals surface area (Å²) >= 11 is 0. The SMILES string of the molecule is C[C@@H]1COC[C@H](C)N1c1ccc(C(C)(C)C)cc1. The van der Waals surface area contributed by atoms with Gasteiger partial charge < -0.3 is 9.64 Å². The molecule has 0 spiro atoms. The number of anilines is 1. The molecule has 2 nitrogen and oxygen atoms in total. The highest BCUT2D eigenvalue weighted by molar-refractivity contribution is 5.50. The molecule has 0 radical (unpaired) electrons. The third kappa shape index (κ3) is 2.69. The maximum Gasteiger partial charge on any atom is 0.0668 e. The van der Waals surface area contributed by atoms with Crippen LogP contribution in [0.5, 0.6) is 0 Å². The second-order valence-electron chi connectivity index (χ2n) is 6.44. The Morgan fingerprint density at radius 1 is 1.00 bits per heavy atom. The van der Waals surface area contributed by atoms with Crippen LogP contribution in [0.4, 0.5) is 5.69 Å². The second-order valence-corrected chi connectivity index (χ2v) is 6.44. The van der Waals surface area contributed by atoms with Gasteiger partial charge in [-0.2, -0.15) is 0 Å². The van der Waals surface area contributed by atoms with Gasteiger partial charge in [-0.15, -0.1) is 0 Å². The van der Waals surface area contributed by atoms with Gasteiger partial charge in [-0.3, -0.25) is 0 Å². The smallest absolute Gasteiger partial charge is 0.0668 e. The zero-order valence-electron chi connectivity index (χ0n) is 12.2. The van der Waals surface area contributed by atoms with Crippen molar-refractivity contribution in [2.75, 3.05) is 18.1 Å². The molecule has 1 aromatic carbocycles. The first kappa shape index (κ1) is 13.4. The van der Waals surface area contributed by atoms with Gasteiger partial charge in [0.2, 0.25) is 0 Å². The number of benzene rings is 1. The maximum atomic E-state index is 5.58. The summed E-state index contributed by atoms with van der Waals surface area (Å²) in [5.41, 5.74) is 2.92. The first-order valence-electron chi connectivity index (χ1n) is 6.86. The van der Waals surface area contributed by atoms with E-state index in [0.29, 0.717) is 12.1 Å². The fourth-order valence-electron chi connectivity index (χ4n) is 2.65. The Bertz CT molecular complexity index is 381. The standard InChI is InChI=1S/C16H25NO/c1-12-10-18-11-13(2)17(12)15-8-6-14(7-9-15)16(3,4)5/h6-9,12-13H,10-11H2,1-5H3/t12-,13+. The Balaban J connectivity index is 2.23. The molecule has 0 saturated carbocycles. The van der Waals surface area contributed by atoms with E-state index in [1.807, 2.05) is 0 Å². The molecule has 2 heteroatoms. The summed E-state index contributed by atoms with van der Waals surface area (Å²) in [4.78, 5) is 2.47. The summed E-state index contributed by atoms with van der Waals surface area (Å²) < 4.78 is 5.58. The lowest BCUT2D eigenvalue weighted by Crippen LogP contribution is -2.49. The van der Waals surface area contributed by atoms with Crippen molar-refractivity contribution >= 4 is 5.69 Å². The van der Waals surface area contributed by atoms with Gasteiger partial charge in [0, 0.05) is 17.8 Å². The Hall–Kier alpha value is -1.02. The molecule has 0 N–H and O–H groups in total. The van der Waals surface area contributed by atoms with Crippen molar-refractivity contribution in [2.45, 2.75) is 52.1 Å². The van der Waals surface area contributed by atoms with E-state index in [-0.39, 0.29) is 5.41 Å². The Labute approximate surface area is 111 Å². The first-order valence-corrected chi connectivity index (χ1v) is 6.86. The van der Waals surface area contributed by atoms with Gasteiger partial charge >= 0.3 is 0 Å². The Morgan fingerprint density at radius 2 is 1.50 bits per heavy atom. The van der Waals surface area contributed by atoms with Crippen molar-refractivity contribution in [3.8, 4) is 0 Å². The van der Waals surface area contributed by atoms with E-state index >= 15 is 0 Å².